The number of Topliss-reactive ketones (excluding diaryl/α,β-unsaturated/α-hetero) is 1. The minimum absolute atomic E-state index is 0.0718. The van der Waals surface area contributed by atoms with Crippen LogP contribution in [0.25, 0.3) is 11.0 Å². The number of ether oxygens (including phenoxy) is 2. The Morgan fingerprint density at radius 2 is 1.90 bits per heavy atom. The maximum Gasteiger partial charge on any atom is 0.202 e. The lowest BCUT2D eigenvalue weighted by Gasteiger charge is -2.24. The Labute approximate surface area is 292 Å². The first-order chi connectivity index (χ1) is 23.5. The molecule has 4 aromatic rings. The molecule has 5 rings (SSSR count). The predicted molar refractivity (Wildman–Crippen MR) is 204 cm³/mol. The van der Waals surface area contributed by atoms with Crippen LogP contribution in [0.15, 0.2) is 61.6 Å². The van der Waals surface area contributed by atoms with Crippen LogP contribution < -0.4 is 24.6 Å². The number of ketones is 1. The van der Waals surface area contributed by atoms with E-state index in [1.54, 1.807) is 19.5 Å². The van der Waals surface area contributed by atoms with Gasteiger partial charge in [-0.2, -0.15) is 0 Å². The van der Waals surface area contributed by atoms with E-state index in [1.165, 1.54) is 13.3 Å². The summed E-state index contributed by atoms with van der Waals surface area (Å²) >= 11 is 0. The maximum atomic E-state index is 9.87. The number of anilines is 4. The highest BCUT2D eigenvalue weighted by molar-refractivity contribution is 5.93. The number of carbonyl (C=O) groups excluding carboxylic acids is 1. The van der Waals surface area contributed by atoms with Crippen molar-refractivity contribution in [3.05, 3.63) is 72.7 Å². The van der Waals surface area contributed by atoms with Gasteiger partial charge in [0.15, 0.2) is 17.4 Å². The molecule has 2 aromatic heterocycles. The van der Waals surface area contributed by atoms with Crippen molar-refractivity contribution >= 4 is 39.8 Å². The zero-order chi connectivity index (χ0) is 35.9. The van der Waals surface area contributed by atoms with E-state index < -0.39 is 0 Å². The SMILES string of the molecule is C=CN(C)c1ccc(Oc2ccc(Nc3ncnc4cc5c(nc34)N(CCCC)CC(C)CO5)cc2C)cc1C.CC#CC(C)=O.CCC. The standard InChI is InChI=1S/C32H38N6O2.C5H6O.C3H8/c1-7-9-14-38-18-21(3)19-39-29-17-26-30(36-32(29)38)31(34-20-33-26)35-24-10-13-28(23(5)15-24)40-25-11-12-27(22(4)16-25)37(6)8-2;1-3-4-5(2)6;1-3-2/h8,10-13,15-17,20-21H,2,7,9,14,18-19H2,1,3-6H3,(H,33,34,35);1-2H3;3H2,1-2H3. The zero-order valence-corrected chi connectivity index (χ0v) is 30.7. The van der Waals surface area contributed by atoms with Crippen molar-refractivity contribution in [3.8, 4) is 29.1 Å². The topological polar surface area (TPSA) is 92.7 Å². The molecule has 0 amide bonds. The third kappa shape index (κ3) is 11.0. The van der Waals surface area contributed by atoms with Crippen molar-refractivity contribution in [2.24, 2.45) is 5.92 Å². The lowest BCUT2D eigenvalue weighted by molar-refractivity contribution is -0.111. The van der Waals surface area contributed by atoms with Gasteiger partial charge in [-0.25, -0.2) is 15.0 Å². The number of rotatable bonds is 9. The predicted octanol–water partition coefficient (Wildman–Crippen LogP) is 9.41. The summed E-state index contributed by atoms with van der Waals surface area (Å²) in [5, 5.41) is 3.46. The second-order valence-electron chi connectivity index (χ2n) is 12.2. The molecule has 9 nitrogen and oxygen atoms in total. The first-order valence-corrected chi connectivity index (χ1v) is 17.0. The molecule has 1 aliphatic rings. The van der Waals surface area contributed by atoms with E-state index in [0.717, 1.165) is 82.5 Å². The Kier molecular flexibility index (Phi) is 14.9. The van der Waals surface area contributed by atoms with Crippen LogP contribution in [0.2, 0.25) is 0 Å². The third-order valence-electron chi connectivity index (χ3n) is 7.48. The van der Waals surface area contributed by atoms with Crippen LogP contribution >= 0.6 is 0 Å². The van der Waals surface area contributed by atoms with Crippen molar-refractivity contribution in [3.63, 3.8) is 0 Å². The quantitative estimate of drug-likeness (QED) is 0.139. The van der Waals surface area contributed by atoms with Crippen LogP contribution in [0.1, 0.15) is 71.9 Å². The zero-order valence-electron chi connectivity index (χ0n) is 30.7. The summed E-state index contributed by atoms with van der Waals surface area (Å²) in [5.74, 6) is 9.02. The minimum Gasteiger partial charge on any atom is -0.489 e. The molecule has 9 heteroatoms. The molecule has 2 aromatic carbocycles. The lowest BCUT2D eigenvalue weighted by atomic mass is 10.1. The van der Waals surface area contributed by atoms with Gasteiger partial charge in [-0.05, 0) is 86.8 Å². The number of hydrogen-bond donors (Lipinski definition) is 1. The first kappa shape index (κ1) is 38.3. The molecule has 49 heavy (non-hydrogen) atoms. The number of pyridine rings is 1. The van der Waals surface area contributed by atoms with E-state index in [4.69, 9.17) is 14.5 Å². The fourth-order valence-corrected chi connectivity index (χ4v) is 5.14. The van der Waals surface area contributed by atoms with Gasteiger partial charge in [-0.15, -0.1) is 0 Å². The molecule has 0 aliphatic carbocycles. The molecule has 0 saturated carbocycles. The van der Waals surface area contributed by atoms with Gasteiger partial charge in [0.1, 0.15) is 23.3 Å². The van der Waals surface area contributed by atoms with E-state index in [1.807, 2.05) is 55.3 Å². The van der Waals surface area contributed by atoms with Gasteiger partial charge in [0.2, 0.25) is 5.78 Å². The second-order valence-corrected chi connectivity index (χ2v) is 12.2. The number of nitrogens with zero attached hydrogens (tertiary/aromatic N) is 5. The summed E-state index contributed by atoms with van der Waals surface area (Å²) in [6.45, 7) is 22.2. The van der Waals surface area contributed by atoms with Gasteiger partial charge in [-0.1, -0.05) is 53.0 Å². The molecule has 0 bridgehead atoms. The first-order valence-electron chi connectivity index (χ1n) is 17.0. The van der Waals surface area contributed by atoms with Gasteiger partial charge >= 0.3 is 0 Å². The summed E-state index contributed by atoms with van der Waals surface area (Å²) in [6.07, 6.45) is 6.84. The van der Waals surface area contributed by atoms with Crippen molar-refractivity contribution in [2.45, 2.75) is 74.7 Å². The monoisotopic (exact) mass is 664 g/mol. The molecule has 1 atom stereocenters. The van der Waals surface area contributed by atoms with Gasteiger partial charge in [0.05, 0.1) is 12.1 Å². The number of unbranched alkanes of at least 4 members (excludes halogenated alkanes) is 1. The molecule has 0 fully saturated rings. The third-order valence-corrected chi connectivity index (χ3v) is 7.48. The summed E-state index contributed by atoms with van der Waals surface area (Å²) in [6, 6.07) is 14.1. The fraction of sp³-hybridized carbons (Fsp3) is 0.400. The smallest absolute Gasteiger partial charge is 0.202 e. The highest BCUT2D eigenvalue weighted by Crippen LogP contribution is 2.36. The van der Waals surface area contributed by atoms with Gasteiger partial charge < -0.3 is 24.6 Å². The van der Waals surface area contributed by atoms with Crippen LogP contribution in [0.5, 0.6) is 17.2 Å². The van der Waals surface area contributed by atoms with Crippen molar-refractivity contribution in [1.82, 2.24) is 15.0 Å². The largest absolute Gasteiger partial charge is 0.489 e. The van der Waals surface area contributed by atoms with Crippen molar-refractivity contribution in [2.75, 3.05) is 41.9 Å². The van der Waals surface area contributed by atoms with E-state index >= 15 is 0 Å². The van der Waals surface area contributed by atoms with Crippen LogP contribution in [-0.4, -0.2) is 47.5 Å². The van der Waals surface area contributed by atoms with E-state index in [9.17, 15) is 4.79 Å². The Bertz CT molecular complexity index is 1780. The average Bonchev–Trinajstić information content (AvgIpc) is 3.22. The number of benzene rings is 2. The highest BCUT2D eigenvalue weighted by Gasteiger charge is 2.23. The van der Waals surface area contributed by atoms with Crippen LogP contribution in [0.4, 0.5) is 23.0 Å². The number of aryl methyl sites for hydroxylation is 2. The summed E-state index contributed by atoms with van der Waals surface area (Å²) < 4.78 is 12.4. The van der Waals surface area contributed by atoms with E-state index in [0.29, 0.717) is 18.3 Å². The summed E-state index contributed by atoms with van der Waals surface area (Å²) in [5.41, 5.74) is 5.58. The molecule has 1 N–H and O–H groups in total. The van der Waals surface area contributed by atoms with Gasteiger partial charge in [0.25, 0.3) is 0 Å². The Hall–Kier alpha value is -5.10. The van der Waals surface area contributed by atoms with Crippen LogP contribution in [0.3, 0.4) is 0 Å². The normalized spacial score (nSPS) is 13.1. The summed E-state index contributed by atoms with van der Waals surface area (Å²) in [7, 11) is 1.98. The molecular formula is C40H52N6O3. The number of carbonyl (C=O) groups is 1. The Balaban J connectivity index is 0.000000644. The molecule has 260 valence electrons. The average molecular weight is 665 g/mol. The molecular weight excluding hydrogens is 612 g/mol. The minimum atomic E-state index is -0.0718. The van der Waals surface area contributed by atoms with Gasteiger partial charge in [0, 0.05) is 50.4 Å². The highest BCUT2D eigenvalue weighted by atomic mass is 16.5. The van der Waals surface area contributed by atoms with E-state index in [-0.39, 0.29) is 5.78 Å². The maximum absolute atomic E-state index is 9.87. The summed E-state index contributed by atoms with van der Waals surface area (Å²) in [4.78, 5) is 28.3. The van der Waals surface area contributed by atoms with Crippen LogP contribution in [-0.2, 0) is 4.79 Å². The number of fused-ring (bicyclic) bond motifs is 2. The van der Waals surface area contributed by atoms with Crippen molar-refractivity contribution < 1.29 is 14.3 Å². The molecule has 1 aliphatic heterocycles. The second kappa shape index (κ2) is 19.0. The number of hydrogen-bond acceptors (Lipinski definition) is 9. The Morgan fingerprint density at radius 1 is 1.14 bits per heavy atom. The molecule has 0 saturated heterocycles. The van der Waals surface area contributed by atoms with Crippen LogP contribution in [0, 0.1) is 31.6 Å². The molecule has 3 heterocycles. The van der Waals surface area contributed by atoms with Crippen molar-refractivity contribution in [1.29, 1.82) is 0 Å². The number of aromatic nitrogens is 3. The lowest BCUT2D eigenvalue weighted by Crippen LogP contribution is -2.30. The van der Waals surface area contributed by atoms with E-state index in [2.05, 4.69) is 79.3 Å². The number of nitrogens with one attached hydrogen (secondary N) is 1. The van der Waals surface area contributed by atoms with Gasteiger partial charge in [-0.3, -0.25) is 4.79 Å². The Morgan fingerprint density at radius 3 is 2.51 bits per heavy atom. The molecule has 1 unspecified atom stereocenters. The molecule has 0 spiro atoms. The fourth-order valence-electron chi connectivity index (χ4n) is 5.14. The molecule has 0 radical (unpaired) electrons.